The summed E-state index contributed by atoms with van der Waals surface area (Å²) in [5, 5.41) is 15.3. The molecule has 8 heteroatoms. The Balaban J connectivity index is 1.58. The van der Waals surface area contributed by atoms with Gasteiger partial charge in [0, 0.05) is 19.6 Å². The lowest BCUT2D eigenvalue weighted by atomic mass is 10.00. The first-order valence-electron chi connectivity index (χ1n) is 9.06. The van der Waals surface area contributed by atoms with Gasteiger partial charge in [-0.05, 0) is 47.2 Å². The lowest BCUT2D eigenvalue weighted by molar-refractivity contribution is -0.129. The summed E-state index contributed by atoms with van der Waals surface area (Å²) in [5.41, 5.74) is 0.617. The Labute approximate surface area is 188 Å². The highest BCUT2D eigenvalue weighted by molar-refractivity contribution is 9.10. The molecule has 0 aliphatic carbocycles. The van der Waals surface area contributed by atoms with Gasteiger partial charge in [-0.25, -0.2) is 0 Å². The largest absolute Gasteiger partial charge is 0.503 e. The highest BCUT2D eigenvalue weighted by atomic mass is 79.9. The molecule has 4 heterocycles. The molecule has 0 saturated heterocycles. The summed E-state index contributed by atoms with van der Waals surface area (Å²) in [6.07, 6.45) is 0. The maximum Gasteiger partial charge on any atom is 0.290 e. The highest BCUT2D eigenvalue weighted by Crippen LogP contribution is 2.42. The number of ketones is 1. The van der Waals surface area contributed by atoms with Crippen LogP contribution >= 0.6 is 38.6 Å². The Morgan fingerprint density at radius 2 is 1.93 bits per heavy atom. The van der Waals surface area contributed by atoms with Crippen molar-refractivity contribution in [2.24, 2.45) is 0 Å². The van der Waals surface area contributed by atoms with Crippen LogP contribution in [0.4, 0.5) is 0 Å². The number of nitrogens with zero attached hydrogens (tertiary/aromatic N) is 1. The molecule has 0 saturated carbocycles. The standard InChI is InChI=1S/C22H14BrNO4S2/c23-13-5-6-15-12(9-13)10-16(28-15)20(25)18-19(17-4-2-8-30-17)24(22(27)21(18)26)11-14-3-1-7-29-14/h1-10,19,26H,11H2. The summed E-state index contributed by atoms with van der Waals surface area (Å²) in [6.45, 7) is 0.312. The van der Waals surface area contributed by atoms with Gasteiger partial charge in [0.15, 0.2) is 11.5 Å². The molecule has 5 nitrogen and oxygen atoms in total. The second-order valence-corrected chi connectivity index (χ2v) is 9.74. The lowest BCUT2D eigenvalue weighted by Crippen LogP contribution is -2.29. The third kappa shape index (κ3) is 3.21. The van der Waals surface area contributed by atoms with Crippen molar-refractivity contribution < 1.29 is 19.1 Å². The van der Waals surface area contributed by atoms with Crippen molar-refractivity contribution in [1.29, 1.82) is 0 Å². The molecular weight excluding hydrogens is 486 g/mol. The van der Waals surface area contributed by atoms with E-state index < -0.39 is 23.5 Å². The van der Waals surface area contributed by atoms with Crippen LogP contribution in [-0.2, 0) is 11.3 Å². The summed E-state index contributed by atoms with van der Waals surface area (Å²) in [5.74, 6) is -1.46. The number of benzene rings is 1. The quantitative estimate of drug-likeness (QED) is 0.337. The second kappa shape index (κ2) is 7.54. The van der Waals surface area contributed by atoms with Gasteiger partial charge in [0.05, 0.1) is 12.1 Å². The zero-order valence-corrected chi connectivity index (χ0v) is 18.6. The predicted octanol–water partition coefficient (Wildman–Crippen LogP) is 6.10. The van der Waals surface area contributed by atoms with Crippen LogP contribution in [0.15, 0.2) is 79.5 Å². The number of hydrogen-bond acceptors (Lipinski definition) is 6. The molecule has 0 radical (unpaired) electrons. The van der Waals surface area contributed by atoms with Crippen LogP contribution in [0.5, 0.6) is 0 Å². The zero-order chi connectivity index (χ0) is 20.8. The van der Waals surface area contributed by atoms with Crippen molar-refractivity contribution in [3.63, 3.8) is 0 Å². The number of furan rings is 1. The normalized spacial score (nSPS) is 16.8. The molecule has 1 aliphatic heterocycles. The number of Topliss-reactive ketones (excluding diaryl/α,β-unsaturated/α-hetero) is 1. The number of carbonyl (C=O) groups excluding carboxylic acids is 2. The molecular formula is C22H14BrNO4S2. The van der Waals surface area contributed by atoms with E-state index in [0.29, 0.717) is 12.1 Å². The maximum absolute atomic E-state index is 13.4. The molecule has 1 N–H and O–H groups in total. The Bertz CT molecular complexity index is 1290. The van der Waals surface area contributed by atoms with E-state index in [0.717, 1.165) is 19.6 Å². The molecule has 5 rings (SSSR count). The van der Waals surface area contributed by atoms with E-state index in [1.54, 1.807) is 17.0 Å². The number of halogens is 1. The topological polar surface area (TPSA) is 70.8 Å². The summed E-state index contributed by atoms with van der Waals surface area (Å²) in [7, 11) is 0. The predicted molar refractivity (Wildman–Crippen MR) is 120 cm³/mol. The molecule has 1 atom stereocenters. The molecule has 1 aliphatic rings. The number of carbonyl (C=O) groups is 2. The molecule has 1 amide bonds. The molecule has 4 aromatic rings. The molecule has 0 fully saturated rings. The third-order valence-electron chi connectivity index (χ3n) is 4.97. The Kier molecular flexibility index (Phi) is 4.85. The maximum atomic E-state index is 13.4. The first-order valence-corrected chi connectivity index (χ1v) is 11.6. The van der Waals surface area contributed by atoms with E-state index in [1.165, 1.54) is 22.7 Å². The molecule has 0 spiro atoms. The van der Waals surface area contributed by atoms with E-state index in [-0.39, 0.29) is 11.3 Å². The van der Waals surface area contributed by atoms with Crippen LogP contribution in [0.25, 0.3) is 11.0 Å². The average Bonchev–Trinajstić information content (AvgIpc) is 3.52. The number of fused-ring (bicyclic) bond motifs is 1. The van der Waals surface area contributed by atoms with Gasteiger partial charge < -0.3 is 14.4 Å². The van der Waals surface area contributed by atoms with Crippen LogP contribution in [0.2, 0.25) is 0 Å². The van der Waals surface area contributed by atoms with Crippen molar-refractivity contribution in [2.75, 3.05) is 0 Å². The van der Waals surface area contributed by atoms with Crippen LogP contribution in [-0.4, -0.2) is 21.7 Å². The molecule has 150 valence electrons. The van der Waals surface area contributed by atoms with E-state index in [9.17, 15) is 14.7 Å². The number of hydrogen-bond donors (Lipinski definition) is 1. The molecule has 30 heavy (non-hydrogen) atoms. The van der Waals surface area contributed by atoms with Crippen LogP contribution in [0, 0.1) is 0 Å². The van der Waals surface area contributed by atoms with E-state index in [4.69, 9.17) is 4.42 Å². The summed E-state index contributed by atoms with van der Waals surface area (Å²) < 4.78 is 6.61. The fourth-order valence-corrected chi connectivity index (χ4v) is 5.55. The molecule has 1 unspecified atom stereocenters. The van der Waals surface area contributed by atoms with Crippen molar-refractivity contribution in [3.8, 4) is 0 Å². The molecule has 0 bridgehead atoms. The number of rotatable bonds is 5. The van der Waals surface area contributed by atoms with Crippen LogP contribution in [0.1, 0.15) is 26.4 Å². The smallest absolute Gasteiger partial charge is 0.290 e. The van der Waals surface area contributed by atoms with Crippen LogP contribution in [0.3, 0.4) is 0 Å². The second-order valence-electron chi connectivity index (χ2n) is 6.81. The van der Waals surface area contributed by atoms with E-state index in [1.807, 2.05) is 47.2 Å². The van der Waals surface area contributed by atoms with Gasteiger partial charge >= 0.3 is 0 Å². The average molecular weight is 500 g/mol. The monoisotopic (exact) mass is 499 g/mol. The molecule has 3 aromatic heterocycles. The van der Waals surface area contributed by atoms with Crippen molar-refractivity contribution in [1.82, 2.24) is 4.90 Å². The first-order chi connectivity index (χ1) is 14.5. The van der Waals surface area contributed by atoms with Crippen molar-refractivity contribution >= 4 is 61.3 Å². The lowest BCUT2D eigenvalue weighted by Gasteiger charge is -2.24. The van der Waals surface area contributed by atoms with Gasteiger partial charge in [-0.3, -0.25) is 9.59 Å². The fraction of sp³-hybridized carbons (Fsp3) is 0.0909. The minimum absolute atomic E-state index is 0.0529. The minimum atomic E-state index is -0.660. The fourth-order valence-electron chi connectivity index (χ4n) is 3.62. The number of aliphatic hydroxyl groups is 1. The van der Waals surface area contributed by atoms with Crippen molar-refractivity contribution in [2.45, 2.75) is 12.6 Å². The minimum Gasteiger partial charge on any atom is -0.503 e. The van der Waals surface area contributed by atoms with Gasteiger partial charge in [-0.15, -0.1) is 22.7 Å². The van der Waals surface area contributed by atoms with Gasteiger partial charge in [-0.2, -0.15) is 0 Å². The van der Waals surface area contributed by atoms with Crippen molar-refractivity contribution in [3.05, 3.63) is 90.6 Å². The summed E-state index contributed by atoms with van der Waals surface area (Å²) in [6, 6.07) is 14.0. The number of aliphatic hydroxyl groups excluding tert-OH is 1. The van der Waals surface area contributed by atoms with Gasteiger partial charge in [0.25, 0.3) is 5.91 Å². The first kappa shape index (κ1) is 19.3. The van der Waals surface area contributed by atoms with Gasteiger partial charge in [0.1, 0.15) is 11.6 Å². The van der Waals surface area contributed by atoms with Gasteiger partial charge in [0.2, 0.25) is 5.78 Å². The Morgan fingerprint density at radius 3 is 2.67 bits per heavy atom. The summed E-state index contributed by atoms with van der Waals surface area (Å²) in [4.78, 5) is 29.7. The Hall–Kier alpha value is -2.68. The number of amides is 1. The number of thiophene rings is 2. The third-order valence-corrected chi connectivity index (χ3v) is 7.25. The SMILES string of the molecule is O=C(C1=C(O)C(=O)N(Cc2cccs2)C1c1cccs1)c1cc2cc(Br)ccc2o1. The van der Waals surface area contributed by atoms with Crippen LogP contribution < -0.4 is 0 Å². The molecule has 1 aromatic carbocycles. The van der Waals surface area contributed by atoms with E-state index in [2.05, 4.69) is 15.9 Å². The zero-order valence-electron chi connectivity index (χ0n) is 15.4. The Morgan fingerprint density at radius 1 is 1.13 bits per heavy atom. The highest BCUT2D eigenvalue weighted by Gasteiger charge is 2.45. The summed E-state index contributed by atoms with van der Waals surface area (Å²) >= 11 is 6.37. The van der Waals surface area contributed by atoms with Gasteiger partial charge in [-0.1, -0.05) is 28.1 Å². The van der Waals surface area contributed by atoms with E-state index >= 15 is 0 Å².